The highest BCUT2D eigenvalue weighted by Gasteiger charge is 2.21. The molecule has 1 saturated heterocycles. The molecule has 4 aromatic rings. The van der Waals surface area contributed by atoms with Crippen molar-refractivity contribution in [2.45, 2.75) is 20.3 Å². The molecule has 0 atom stereocenters. The number of anilines is 1. The maximum absolute atomic E-state index is 13.1. The van der Waals surface area contributed by atoms with Crippen LogP contribution in [0.4, 0.5) is 5.69 Å². The van der Waals surface area contributed by atoms with E-state index in [-0.39, 0.29) is 17.3 Å². The van der Waals surface area contributed by atoms with Crippen molar-refractivity contribution in [3.05, 3.63) is 94.1 Å². The van der Waals surface area contributed by atoms with Gasteiger partial charge in [-0.2, -0.15) is 0 Å². The van der Waals surface area contributed by atoms with Gasteiger partial charge in [-0.1, -0.05) is 48.5 Å². The molecule has 1 aliphatic heterocycles. The quantitative estimate of drug-likeness (QED) is 0.198. The Morgan fingerprint density at radius 1 is 0.925 bits per heavy atom. The summed E-state index contributed by atoms with van der Waals surface area (Å²) in [6.07, 6.45) is 0.791. The number of ether oxygens (including phenoxy) is 1. The molecule has 0 bridgehead atoms. The van der Waals surface area contributed by atoms with E-state index in [1.165, 1.54) is 6.92 Å². The Labute approximate surface area is 233 Å². The summed E-state index contributed by atoms with van der Waals surface area (Å²) in [5.74, 6) is 0.475. The fourth-order valence-electron chi connectivity index (χ4n) is 5.13. The van der Waals surface area contributed by atoms with E-state index in [2.05, 4.69) is 15.1 Å². The second-order valence-corrected chi connectivity index (χ2v) is 9.93. The van der Waals surface area contributed by atoms with Crippen molar-refractivity contribution in [1.82, 2.24) is 10.2 Å². The third kappa shape index (κ3) is 5.92. The summed E-state index contributed by atoms with van der Waals surface area (Å²) in [7, 11) is 0. The van der Waals surface area contributed by atoms with Crippen LogP contribution in [0, 0.1) is 6.92 Å². The highest BCUT2D eigenvalue weighted by atomic mass is 16.5. The number of rotatable bonds is 8. The predicted molar refractivity (Wildman–Crippen MR) is 156 cm³/mol. The molecule has 1 aliphatic rings. The summed E-state index contributed by atoms with van der Waals surface area (Å²) in [6, 6.07) is 22.2. The van der Waals surface area contributed by atoms with Crippen molar-refractivity contribution in [2.24, 2.45) is 0 Å². The van der Waals surface area contributed by atoms with Crippen LogP contribution < -0.4 is 20.4 Å². The van der Waals surface area contributed by atoms with Crippen LogP contribution in [-0.2, 0) is 4.79 Å². The molecule has 1 fully saturated rings. The molecular formula is C32H33N3O5. The molecule has 1 aromatic heterocycles. The minimum Gasteiger partial charge on any atom is -0.455 e. The molecule has 1 N–H and O–H groups in total. The third-order valence-electron chi connectivity index (χ3n) is 7.19. The lowest BCUT2D eigenvalue weighted by molar-refractivity contribution is -0.131. The Kier molecular flexibility index (Phi) is 8.26. The number of para-hydroxylation sites is 3. The lowest BCUT2D eigenvalue weighted by Crippen LogP contribution is -2.47. The zero-order chi connectivity index (χ0) is 28.1. The largest absolute Gasteiger partial charge is 0.455 e. The monoisotopic (exact) mass is 539 g/mol. The molecule has 0 unspecified atom stereocenters. The van der Waals surface area contributed by atoms with Crippen LogP contribution in [0.2, 0.25) is 0 Å². The van der Waals surface area contributed by atoms with Gasteiger partial charge in [0.25, 0.3) is 5.91 Å². The fraction of sp³-hybridized carbons (Fsp3) is 0.281. The van der Waals surface area contributed by atoms with E-state index in [0.717, 1.165) is 50.4 Å². The first-order chi connectivity index (χ1) is 19.4. The minimum atomic E-state index is -0.328. The van der Waals surface area contributed by atoms with Gasteiger partial charge in [0.1, 0.15) is 5.76 Å². The molecule has 40 heavy (non-hydrogen) atoms. The van der Waals surface area contributed by atoms with Crippen LogP contribution in [0.15, 0.2) is 82.0 Å². The number of carbonyl (C=O) groups is 2. The van der Waals surface area contributed by atoms with Crippen LogP contribution in [0.1, 0.15) is 29.3 Å². The SMILES string of the molecule is CC(=O)Oc1ccccc1N1CCN(CCCNC(=O)c2cccc3c(=O)c(C)c(-c4ccccc4)oc23)CC1. The Hall–Kier alpha value is -4.43. The second-order valence-electron chi connectivity index (χ2n) is 9.93. The van der Waals surface area contributed by atoms with Crippen molar-refractivity contribution in [2.75, 3.05) is 44.2 Å². The van der Waals surface area contributed by atoms with Gasteiger partial charge in [-0.25, -0.2) is 0 Å². The zero-order valence-corrected chi connectivity index (χ0v) is 22.8. The summed E-state index contributed by atoms with van der Waals surface area (Å²) < 4.78 is 11.6. The molecule has 8 nitrogen and oxygen atoms in total. The van der Waals surface area contributed by atoms with Crippen LogP contribution >= 0.6 is 0 Å². The number of hydrogen-bond acceptors (Lipinski definition) is 7. The topological polar surface area (TPSA) is 92.1 Å². The van der Waals surface area contributed by atoms with Crippen molar-refractivity contribution in [3.8, 4) is 17.1 Å². The number of hydrogen-bond donors (Lipinski definition) is 1. The van der Waals surface area contributed by atoms with Gasteiger partial charge < -0.3 is 19.4 Å². The van der Waals surface area contributed by atoms with Crippen molar-refractivity contribution in [1.29, 1.82) is 0 Å². The molecule has 0 spiro atoms. The first-order valence-corrected chi connectivity index (χ1v) is 13.6. The predicted octanol–water partition coefficient (Wildman–Crippen LogP) is 4.64. The molecule has 2 heterocycles. The van der Waals surface area contributed by atoms with Gasteiger partial charge in [-0.05, 0) is 44.2 Å². The Morgan fingerprint density at radius 2 is 1.65 bits per heavy atom. The van der Waals surface area contributed by atoms with E-state index >= 15 is 0 Å². The lowest BCUT2D eigenvalue weighted by Gasteiger charge is -2.36. The summed E-state index contributed by atoms with van der Waals surface area (Å²) in [4.78, 5) is 42.3. The smallest absolute Gasteiger partial charge is 0.308 e. The van der Waals surface area contributed by atoms with Crippen molar-refractivity contribution >= 4 is 28.5 Å². The number of esters is 1. The summed E-state index contributed by atoms with van der Waals surface area (Å²) in [5, 5.41) is 3.40. The third-order valence-corrected chi connectivity index (χ3v) is 7.19. The molecular weight excluding hydrogens is 506 g/mol. The van der Waals surface area contributed by atoms with E-state index < -0.39 is 0 Å². The first kappa shape index (κ1) is 27.1. The highest BCUT2D eigenvalue weighted by molar-refractivity contribution is 6.05. The van der Waals surface area contributed by atoms with Gasteiger partial charge in [0.05, 0.1) is 16.6 Å². The van der Waals surface area contributed by atoms with Crippen LogP contribution in [0.25, 0.3) is 22.3 Å². The molecule has 5 rings (SSSR count). The van der Waals surface area contributed by atoms with Gasteiger partial charge in [-0.3, -0.25) is 19.3 Å². The number of nitrogens with one attached hydrogen (secondary N) is 1. The fourth-order valence-corrected chi connectivity index (χ4v) is 5.13. The normalized spacial score (nSPS) is 13.8. The van der Waals surface area contributed by atoms with E-state index in [0.29, 0.717) is 40.2 Å². The summed E-state index contributed by atoms with van der Waals surface area (Å²) >= 11 is 0. The maximum atomic E-state index is 13.1. The first-order valence-electron chi connectivity index (χ1n) is 13.6. The molecule has 0 aliphatic carbocycles. The highest BCUT2D eigenvalue weighted by Crippen LogP contribution is 2.29. The molecule has 8 heteroatoms. The molecule has 206 valence electrons. The Bertz CT molecular complexity index is 1570. The zero-order valence-electron chi connectivity index (χ0n) is 22.8. The van der Waals surface area contributed by atoms with Crippen molar-refractivity contribution < 1.29 is 18.7 Å². The Morgan fingerprint density at radius 3 is 2.40 bits per heavy atom. The van der Waals surface area contributed by atoms with Crippen LogP contribution in [-0.4, -0.2) is 56.0 Å². The second kappa shape index (κ2) is 12.2. The average molecular weight is 540 g/mol. The number of amides is 1. The van der Waals surface area contributed by atoms with E-state index in [1.54, 1.807) is 25.1 Å². The van der Waals surface area contributed by atoms with E-state index in [9.17, 15) is 14.4 Å². The maximum Gasteiger partial charge on any atom is 0.308 e. The summed E-state index contributed by atoms with van der Waals surface area (Å²) in [5.41, 5.74) is 2.77. The number of benzene rings is 3. The minimum absolute atomic E-state index is 0.135. The molecule has 1 amide bonds. The van der Waals surface area contributed by atoms with Crippen molar-refractivity contribution in [3.63, 3.8) is 0 Å². The lowest BCUT2D eigenvalue weighted by atomic mass is 10.0. The summed E-state index contributed by atoms with van der Waals surface area (Å²) in [6.45, 7) is 7.90. The number of fused-ring (bicyclic) bond motifs is 1. The van der Waals surface area contributed by atoms with E-state index in [1.807, 2.05) is 54.6 Å². The number of carbonyl (C=O) groups excluding carboxylic acids is 2. The van der Waals surface area contributed by atoms with Gasteiger partial charge in [0.2, 0.25) is 0 Å². The average Bonchev–Trinajstić information content (AvgIpc) is 2.97. The van der Waals surface area contributed by atoms with Gasteiger partial charge in [0.15, 0.2) is 16.8 Å². The van der Waals surface area contributed by atoms with Crippen LogP contribution in [0.3, 0.4) is 0 Å². The molecule has 0 radical (unpaired) electrons. The Balaban J connectivity index is 1.18. The van der Waals surface area contributed by atoms with E-state index in [4.69, 9.17) is 9.15 Å². The number of piperazine rings is 1. The molecule has 3 aromatic carbocycles. The standard InChI is InChI=1S/C32H33N3O5/c1-22-29(37)25-12-8-13-26(31(25)40-30(22)24-10-4-3-5-11-24)32(38)33-16-9-17-34-18-20-35(21-19-34)27-14-6-7-15-28(27)39-23(2)36/h3-8,10-15H,9,16-21H2,1-2H3,(H,33,38). The number of nitrogens with zero attached hydrogens (tertiary/aromatic N) is 2. The van der Waals surface area contributed by atoms with Gasteiger partial charge >= 0.3 is 5.97 Å². The van der Waals surface area contributed by atoms with Gasteiger partial charge in [0, 0.05) is 50.8 Å². The van der Waals surface area contributed by atoms with Gasteiger partial charge in [-0.15, -0.1) is 0 Å². The van der Waals surface area contributed by atoms with Crippen LogP contribution in [0.5, 0.6) is 5.75 Å². The molecule has 0 saturated carbocycles.